The smallest absolute Gasteiger partial charge is 0.132 e. The summed E-state index contributed by atoms with van der Waals surface area (Å²) in [5, 5.41) is 0. The van der Waals surface area contributed by atoms with E-state index in [4.69, 9.17) is 5.73 Å². The largest absolute Gasteiger partial charge is 0.330 e. The maximum Gasteiger partial charge on any atom is 0.132 e. The van der Waals surface area contributed by atoms with Gasteiger partial charge in [-0.15, -0.1) is 0 Å². The van der Waals surface area contributed by atoms with Crippen LogP contribution in [0.5, 0.6) is 0 Å². The van der Waals surface area contributed by atoms with Crippen molar-refractivity contribution in [3.05, 3.63) is 0 Å². The monoisotopic (exact) mass is 241 g/mol. The number of carbonyl (C=O) groups excluding carboxylic acids is 1. The van der Waals surface area contributed by atoms with Crippen molar-refractivity contribution in [3.8, 4) is 0 Å². The van der Waals surface area contributed by atoms with Gasteiger partial charge in [-0.3, -0.25) is 4.79 Å². The molecule has 0 aromatic heterocycles. The Hall–Kier alpha value is -0.370. The highest BCUT2D eigenvalue weighted by molar-refractivity contribution is 5.78. The van der Waals surface area contributed by atoms with Gasteiger partial charge in [0.2, 0.25) is 0 Å². The highest BCUT2D eigenvalue weighted by atomic mass is 16.1. The van der Waals surface area contributed by atoms with E-state index in [0.717, 1.165) is 38.6 Å². The first-order valence-corrected chi connectivity index (χ1v) is 7.10. The normalized spacial score (nSPS) is 13.7. The topological polar surface area (TPSA) is 43.1 Å². The number of rotatable bonds is 9. The number of ketones is 1. The zero-order valence-corrected chi connectivity index (χ0v) is 12.2. The van der Waals surface area contributed by atoms with Gasteiger partial charge in [-0.25, -0.2) is 0 Å². The Bertz CT molecular complexity index is 199. The molecule has 1 unspecified atom stereocenters. The van der Waals surface area contributed by atoms with Crippen LogP contribution in [-0.2, 0) is 4.79 Å². The second kappa shape index (κ2) is 8.68. The van der Waals surface area contributed by atoms with Crippen LogP contribution >= 0.6 is 0 Å². The van der Waals surface area contributed by atoms with Crippen LogP contribution in [-0.4, -0.2) is 12.3 Å². The highest BCUT2D eigenvalue weighted by Gasteiger charge is 2.14. The van der Waals surface area contributed by atoms with Gasteiger partial charge in [-0.2, -0.15) is 0 Å². The third-order valence-corrected chi connectivity index (χ3v) is 3.26. The van der Waals surface area contributed by atoms with Crippen LogP contribution in [0.3, 0.4) is 0 Å². The van der Waals surface area contributed by atoms with Crippen LogP contribution in [0, 0.1) is 11.3 Å². The molecule has 0 aromatic carbocycles. The predicted molar refractivity (Wildman–Crippen MR) is 75.0 cm³/mol. The second-order valence-electron chi connectivity index (χ2n) is 6.37. The van der Waals surface area contributed by atoms with Crippen molar-refractivity contribution in [2.24, 2.45) is 17.1 Å². The Morgan fingerprint density at radius 2 is 1.76 bits per heavy atom. The van der Waals surface area contributed by atoms with Crippen LogP contribution in [0.2, 0.25) is 0 Å². The Labute approximate surface area is 107 Å². The van der Waals surface area contributed by atoms with Crippen LogP contribution in [0.4, 0.5) is 0 Å². The number of carbonyl (C=O) groups is 1. The molecule has 0 aliphatic carbocycles. The van der Waals surface area contributed by atoms with E-state index in [9.17, 15) is 4.79 Å². The number of nitrogens with two attached hydrogens (primary N) is 1. The quantitative estimate of drug-likeness (QED) is 0.664. The van der Waals surface area contributed by atoms with E-state index in [2.05, 4.69) is 27.7 Å². The number of hydrogen-bond donors (Lipinski definition) is 1. The van der Waals surface area contributed by atoms with Crippen molar-refractivity contribution >= 4 is 5.78 Å². The molecule has 0 aromatic rings. The molecular formula is C15H31NO. The van der Waals surface area contributed by atoms with Crippen molar-refractivity contribution in [1.29, 1.82) is 0 Å². The third kappa shape index (κ3) is 10.5. The zero-order chi connectivity index (χ0) is 13.3. The lowest BCUT2D eigenvalue weighted by molar-refractivity contribution is -0.119. The van der Waals surface area contributed by atoms with E-state index in [1.807, 2.05) is 0 Å². The van der Waals surface area contributed by atoms with Crippen molar-refractivity contribution in [2.75, 3.05) is 6.54 Å². The van der Waals surface area contributed by atoms with E-state index in [1.165, 1.54) is 12.8 Å². The van der Waals surface area contributed by atoms with E-state index >= 15 is 0 Å². The van der Waals surface area contributed by atoms with Gasteiger partial charge in [0.25, 0.3) is 0 Å². The van der Waals surface area contributed by atoms with Crippen LogP contribution < -0.4 is 5.73 Å². The van der Waals surface area contributed by atoms with E-state index in [-0.39, 0.29) is 5.41 Å². The average Bonchev–Trinajstić information content (AvgIpc) is 2.23. The van der Waals surface area contributed by atoms with Gasteiger partial charge in [0.05, 0.1) is 0 Å². The first-order valence-electron chi connectivity index (χ1n) is 7.10. The van der Waals surface area contributed by atoms with Crippen LogP contribution in [0.15, 0.2) is 0 Å². The maximum absolute atomic E-state index is 11.8. The molecule has 2 nitrogen and oxygen atoms in total. The molecule has 0 fully saturated rings. The molecule has 0 amide bonds. The van der Waals surface area contributed by atoms with Crippen molar-refractivity contribution in [3.63, 3.8) is 0 Å². The van der Waals surface area contributed by atoms with Gasteiger partial charge in [-0.1, -0.05) is 40.5 Å². The lowest BCUT2D eigenvalue weighted by Crippen LogP contribution is -2.12. The molecule has 0 aliphatic rings. The first-order chi connectivity index (χ1) is 7.89. The van der Waals surface area contributed by atoms with Gasteiger partial charge in [0, 0.05) is 12.8 Å². The summed E-state index contributed by atoms with van der Waals surface area (Å²) in [5.74, 6) is 1.08. The molecular weight excluding hydrogens is 210 g/mol. The SMILES string of the molecule is CCCC(CCN)CCC(=O)CCC(C)(C)C. The van der Waals surface area contributed by atoms with E-state index in [1.54, 1.807) is 0 Å². The molecule has 0 bridgehead atoms. The fraction of sp³-hybridized carbons (Fsp3) is 0.933. The summed E-state index contributed by atoms with van der Waals surface area (Å²) in [5.41, 5.74) is 5.87. The van der Waals surface area contributed by atoms with Crippen molar-refractivity contribution in [1.82, 2.24) is 0 Å². The van der Waals surface area contributed by atoms with Gasteiger partial charge >= 0.3 is 0 Å². The van der Waals surface area contributed by atoms with Crippen molar-refractivity contribution in [2.45, 2.75) is 72.6 Å². The molecule has 17 heavy (non-hydrogen) atoms. The number of Topliss-reactive ketones (excluding diaryl/α,β-unsaturated/α-hetero) is 1. The minimum atomic E-state index is 0.274. The number of hydrogen-bond acceptors (Lipinski definition) is 2. The molecule has 0 saturated carbocycles. The maximum atomic E-state index is 11.8. The minimum Gasteiger partial charge on any atom is -0.330 e. The third-order valence-electron chi connectivity index (χ3n) is 3.26. The summed E-state index contributed by atoms with van der Waals surface area (Å²) in [6, 6.07) is 0. The van der Waals surface area contributed by atoms with E-state index < -0.39 is 0 Å². The summed E-state index contributed by atoms with van der Waals surface area (Å²) in [6.45, 7) is 9.52. The highest BCUT2D eigenvalue weighted by Crippen LogP contribution is 2.22. The summed E-state index contributed by atoms with van der Waals surface area (Å²) in [4.78, 5) is 11.8. The van der Waals surface area contributed by atoms with Gasteiger partial charge < -0.3 is 5.73 Å². The minimum absolute atomic E-state index is 0.274. The summed E-state index contributed by atoms with van der Waals surface area (Å²) in [6.07, 6.45) is 7.01. The standard InChI is InChI=1S/C15H31NO/c1-5-6-13(10-12-16)7-8-14(17)9-11-15(2,3)4/h13H,5-12,16H2,1-4H3. The predicted octanol–water partition coefficient (Wildman–Crippen LogP) is 3.93. The Kier molecular flexibility index (Phi) is 8.49. The summed E-state index contributed by atoms with van der Waals surface area (Å²) in [7, 11) is 0. The van der Waals surface area contributed by atoms with Crippen LogP contribution in [0.1, 0.15) is 72.6 Å². The fourth-order valence-electron chi connectivity index (χ4n) is 2.08. The molecule has 0 saturated heterocycles. The second-order valence-corrected chi connectivity index (χ2v) is 6.37. The van der Waals surface area contributed by atoms with Gasteiger partial charge in [0.15, 0.2) is 0 Å². The molecule has 102 valence electrons. The Balaban J connectivity index is 3.79. The van der Waals surface area contributed by atoms with E-state index in [0.29, 0.717) is 11.7 Å². The molecule has 0 radical (unpaired) electrons. The average molecular weight is 241 g/mol. The molecule has 0 rings (SSSR count). The molecule has 0 aliphatic heterocycles. The van der Waals surface area contributed by atoms with Gasteiger partial charge in [-0.05, 0) is 37.1 Å². The molecule has 2 heteroatoms. The first kappa shape index (κ1) is 16.6. The Morgan fingerprint density at radius 1 is 1.12 bits per heavy atom. The molecule has 1 atom stereocenters. The molecule has 0 spiro atoms. The summed E-state index contributed by atoms with van der Waals surface area (Å²) >= 11 is 0. The lowest BCUT2D eigenvalue weighted by Gasteiger charge is -2.18. The molecule has 2 N–H and O–H groups in total. The fourth-order valence-corrected chi connectivity index (χ4v) is 2.08. The Morgan fingerprint density at radius 3 is 2.24 bits per heavy atom. The molecule has 0 heterocycles. The van der Waals surface area contributed by atoms with Crippen LogP contribution in [0.25, 0.3) is 0 Å². The van der Waals surface area contributed by atoms with Crippen molar-refractivity contribution < 1.29 is 4.79 Å². The zero-order valence-electron chi connectivity index (χ0n) is 12.2. The van der Waals surface area contributed by atoms with Gasteiger partial charge in [0.1, 0.15) is 5.78 Å². The lowest BCUT2D eigenvalue weighted by atomic mass is 9.87. The summed E-state index contributed by atoms with van der Waals surface area (Å²) < 4.78 is 0.